The molecule has 0 heterocycles. The van der Waals surface area contributed by atoms with Gasteiger partial charge in [0.15, 0.2) is 0 Å². The summed E-state index contributed by atoms with van der Waals surface area (Å²) in [5.41, 5.74) is 0. The summed E-state index contributed by atoms with van der Waals surface area (Å²) in [4.78, 5) is 0. The minimum atomic E-state index is 0.125. The van der Waals surface area contributed by atoms with Crippen molar-refractivity contribution in [3.63, 3.8) is 0 Å². The summed E-state index contributed by atoms with van der Waals surface area (Å²) < 4.78 is 13.3. The van der Waals surface area contributed by atoms with Crippen LogP contribution in [0.15, 0.2) is 24.3 Å². The number of benzene rings is 1. The zero-order chi connectivity index (χ0) is 11.4. The van der Waals surface area contributed by atoms with Crippen LogP contribution in [0, 0.1) is 12.0 Å². The first kappa shape index (κ1) is 15.9. The molecule has 1 aromatic carbocycles. The Morgan fingerprint density at radius 1 is 1.21 bits per heavy atom. The predicted molar refractivity (Wildman–Crippen MR) is 52.8 cm³/mol. The Morgan fingerprint density at radius 3 is 1.79 bits per heavy atom. The summed E-state index contributed by atoms with van der Waals surface area (Å²) in [7, 11) is 1.65. The van der Waals surface area contributed by atoms with Crippen LogP contribution in [0.1, 0.15) is 20.8 Å². The van der Waals surface area contributed by atoms with Crippen molar-refractivity contribution >= 4 is 0 Å². The Balaban J connectivity index is 0. The minimum absolute atomic E-state index is 0.125. The fraction of sp³-hybridized carbons (Fsp3) is 0.364. The molecule has 0 aliphatic carbocycles. The number of hydrogen-bond donors (Lipinski definition) is 0. The van der Waals surface area contributed by atoms with Crippen LogP contribution in [0.3, 0.4) is 0 Å². The molecule has 2 nitrogen and oxygen atoms in total. The Kier molecular flexibility index (Phi) is 14.1. The summed E-state index contributed by atoms with van der Waals surface area (Å²) >= 11 is 0.125. The summed E-state index contributed by atoms with van der Waals surface area (Å²) in [5.74, 6) is 2.30. The molecule has 0 N–H and O–H groups in total. The first-order chi connectivity index (χ1) is 6.66. The molecule has 0 saturated carbocycles. The number of hydrogen-bond acceptors (Lipinski definition) is 2. The molecule has 0 bridgehead atoms. The van der Waals surface area contributed by atoms with Gasteiger partial charge < -0.3 is 10.7 Å². The van der Waals surface area contributed by atoms with E-state index in [0.29, 0.717) is 0 Å². The Labute approximate surface area is 96.6 Å². The first-order valence-corrected chi connectivity index (χ1v) is 5.43. The molecule has 3 heteroatoms. The van der Waals surface area contributed by atoms with Gasteiger partial charge in [-0.15, -0.1) is 12.1 Å². The van der Waals surface area contributed by atoms with Crippen LogP contribution >= 0.6 is 0 Å². The Hall–Kier alpha value is -0.557. The van der Waals surface area contributed by atoms with E-state index >= 15 is 0 Å². The molecule has 0 fully saturated rings. The van der Waals surface area contributed by atoms with Gasteiger partial charge in [-0.3, -0.25) is 0 Å². The van der Waals surface area contributed by atoms with E-state index in [1.807, 2.05) is 24.3 Å². The third kappa shape index (κ3) is 14.0. The van der Waals surface area contributed by atoms with Crippen molar-refractivity contribution < 1.29 is 26.6 Å². The van der Waals surface area contributed by atoms with Gasteiger partial charge in [0, 0.05) is 5.75 Å². The van der Waals surface area contributed by atoms with E-state index in [1.54, 1.807) is 7.11 Å². The molecule has 76 valence electrons. The van der Waals surface area contributed by atoms with Gasteiger partial charge in [-0.2, -0.15) is 39.0 Å². The monoisotopic (exact) mass is 244 g/mol. The summed E-state index contributed by atoms with van der Waals surface area (Å²) in [5, 5.41) is 0. The second-order valence-corrected chi connectivity index (χ2v) is 2.94. The van der Waals surface area contributed by atoms with E-state index in [4.69, 9.17) is 8.31 Å². The molecule has 0 aliphatic rings. The van der Waals surface area contributed by atoms with Gasteiger partial charge in [-0.1, -0.05) is 0 Å². The molecular weight excluding hydrogens is 230 g/mol. The zero-order valence-corrected chi connectivity index (χ0v) is 12.3. The van der Waals surface area contributed by atoms with Crippen molar-refractivity contribution in [2.24, 2.45) is 0 Å². The molecule has 0 spiro atoms. The van der Waals surface area contributed by atoms with Crippen molar-refractivity contribution in [3.05, 3.63) is 36.2 Å². The van der Waals surface area contributed by atoms with Gasteiger partial charge in [0.2, 0.25) is 0 Å². The summed E-state index contributed by atoms with van der Waals surface area (Å²) in [6, 6.07) is 10.2. The number of rotatable bonds is 1. The van der Waals surface area contributed by atoms with Crippen LogP contribution < -0.4 is 4.74 Å². The molecule has 0 atom stereocenters. The van der Waals surface area contributed by atoms with Crippen molar-refractivity contribution in [1.29, 1.82) is 0 Å². The van der Waals surface area contributed by atoms with E-state index < -0.39 is 0 Å². The molecule has 0 unspecified atom stereocenters. The molecule has 0 aromatic heterocycles. The number of methoxy groups -OCH3 is 1. The third-order valence-electron chi connectivity index (χ3n) is 0.923. The average molecular weight is 246 g/mol. The predicted octanol–water partition coefficient (Wildman–Crippen LogP) is 2.99. The topological polar surface area (TPSA) is 26.3 Å². The van der Waals surface area contributed by atoms with E-state index in [2.05, 4.69) is 26.8 Å². The first-order valence-electron chi connectivity index (χ1n) is 4.22. The normalized spacial score (nSPS) is 7.93. The maximum atomic E-state index is 8.38. The van der Waals surface area contributed by atoms with E-state index in [-0.39, 0.29) is 18.3 Å². The van der Waals surface area contributed by atoms with Gasteiger partial charge in [0.1, 0.15) is 0 Å². The molecule has 1 rings (SSSR count). The van der Waals surface area contributed by atoms with E-state index in [9.17, 15) is 0 Å². The SMILES string of the molecule is COc1cc[c-]cc1.C[C-](C)C.[O]=[Zn]. The average Bonchev–Trinajstić information content (AvgIpc) is 2.21. The molecule has 0 amide bonds. The van der Waals surface area contributed by atoms with Gasteiger partial charge in [-0.25, -0.2) is 0 Å². The van der Waals surface area contributed by atoms with Crippen LogP contribution in [0.4, 0.5) is 0 Å². The van der Waals surface area contributed by atoms with Crippen molar-refractivity contribution in [2.75, 3.05) is 7.11 Å². The molecule has 1 aromatic rings. The Bertz CT molecular complexity index is 197. The van der Waals surface area contributed by atoms with Gasteiger partial charge in [-0.05, 0) is 0 Å². The quantitative estimate of drug-likeness (QED) is 0.562. The van der Waals surface area contributed by atoms with E-state index in [0.717, 1.165) is 5.75 Å². The van der Waals surface area contributed by atoms with Crippen molar-refractivity contribution in [1.82, 2.24) is 0 Å². The molecule has 0 saturated heterocycles. The molecule has 0 aliphatic heterocycles. The molecule has 14 heavy (non-hydrogen) atoms. The van der Waals surface area contributed by atoms with E-state index in [1.165, 1.54) is 5.92 Å². The van der Waals surface area contributed by atoms with Crippen LogP contribution in [-0.4, -0.2) is 7.11 Å². The maximum absolute atomic E-state index is 8.38. The third-order valence-corrected chi connectivity index (χ3v) is 0.923. The molecule has 0 radical (unpaired) electrons. The summed E-state index contributed by atoms with van der Waals surface area (Å²) in [6.45, 7) is 6.25. The van der Waals surface area contributed by atoms with Crippen LogP contribution in [0.5, 0.6) is 5.75 Å². The van der Waals surface area contributed by atoms with Crippen molar-refractivity contribution in [3.8, 4) is 5.75 Å². The second-order valence-electron chi connectivity index (χ2n) is 2.94. The zero-order valence-electron chi connectivity index (χ0n) is 9.33. The van der Waals surface area contributed by atoms with Crippen molar-refractivity contribution in [2.45, 2.75) is 20.8 Å². The fourth-order valence-corrected chi connectivity index (χ4v) is 0.508. The van der Waals surface area contributed by atoms with Crippen LogP contribution in [-0.2, 0) is 21.8 Å². The van der Waals surface area contributed by atoms with Gasteiger partial charge >= 0.3 is 21.8 Å². The second kappa shape index (κ2) is 12.4. The fourth-order valence-electron chi connectivity index (χ4n) is 0.508. The van der Waals surface area contributed by atoms with Crippen LogP contribution in [0.25, 0.3) is 0 Å². The Morgan fingerprint density at radius 2 is 1.57 bits per heavy atom. The standard InChI is InChI=1S/C7H7O.C4H9.O.Zn/c1-8-7-5-3-2-4-6-7;1-4(2)3;;/h3-6H,1H3;1-3H3;;/q2*-1;;. The number of ether oxygens (including phenoxy) is 1. The molecular formula is C11H16O2Zn-2. The van der Waals surface area contributed by atoms with Gasteiger partial charge in [0.05, 0.1) is 7.11 Å². The van der Waals surface area contributed by atoms with Gasteiger partial charge in [0.25, 0.3) is 0 Å². The summed E-state index contributed by atoms with van der Waals surface area (Å²) in [6.07, 6.45) is 0. The van der Waals surface area contributed by atoms with Crippen LogP contribution in [0.2, 0.25) is 0 Å².